The number of carbonyl (C=O) groups is 1. The zero-order chi connectivity index (χ0) is 16.2. The molecule has 1 N–H and O–H groups in total. The van der Waals surface area contributed by atoms with Crippen LogP contribution in [0.2, 0.25) is 5.02 Å². The monoisotopic (exact) mass is 332 g/mol. The van der Waals surface area contributed by atoms with Crippen LogP contribution in [-0.2, 0) is 4.74 Å². The van der Waals surface area contributed by atoms with Gasteiger partial charge in [-0.25, -0.2) is 4.98 Å². The lowest BCUT2D eigenvalue weighted by Crippen LogP contribution is -2.17. The quantitative estimate of drug-likeness (QED) is 0.931. The van der Waals surface area contributed by atoms with Gasteiger partial charge in [-0.2, -0.15) is 0 Å². The molecule has 1 aromatic heterocycles. The SMILES string of the molecule is Cc1ccc(NC(=O)c2ccnc(O[C@@H]3CCOC3)c2)cc1Cl. The summed E-state index contributed by atoms with van der Waals surface area (Å²) in [5, 5.41) is 3.43. The second-order valence-corrected chi connectivity index (χ2v) is 5.81. The van der Waals surface area contributed by atoms with Crippen LogP contribution in [0.25, 0.3) is 0 Å². The molecule has 1 aromatic carbocycles. The zero-order valence-corrected chi connectivity index (χ0v) is 13.5. The largest absolute Gasteiger partial charge is 0.472 e. The molecule has 1 aliphatic rings. The Morgan fingerprint density at radius 1 is 1.39 bits per heavy atom. The van der Waals surface area contributed by atoms with Gasteiger partial charge in [0.15, 0.2) is 0 Å². The number of nitrogens with one attached hydrogen (secondary N) is 1. The first-order valence-electron chi connectivity index (χ1n) is 7.40. The van der Waals surface area contributed by atoms with Crippen molar-refractivity contribution in [2.45, 2.75) is 19.4 Å². The number of aromatic nitrogens is 1. The summed E-state index contributed by atoms with van der Waals surface area (Å²) in [5.41, 5.74) is 2.09. The van der Waals surface area contributed by atoms with E-state index in [9.17, 15) is 4.79 Å². The molecule has 2 aromatic rings. The summed E-state index contributed by atoms with van der Waals surface area (Å²) in [6.07, 6.45) is 2.39. The topological polar surface area (TPSA) is 60.5 Å². The smallest absolute Gasteiger partial charge is 0.255 e. The van der Waals surface area contributed by atoms with Gasteiger partial charge in [0, 0.05) is 35.0 Å². The highest BCUT2D eigenvalue weighted by molar-refractivity contribution is 6.31. The van der Waals surface area contributed by atoms with E-state index >= 15 is 0 Å². The van der Waals surface area contributed by atoms with Gasteiger partial charge >= 0.3 is 0 Å². The number of benzene rings is 1. The summed E-state index contributed by atoms with van der Waals surface area (Å²) in [7, 11) is 0. The van der Waals surface area contributed by atoms with E-state index in [1.165, 1.54) is 0 Å². The number of ether oxygens (including phenoxy) is 2. The molecule has 0 aliphatic carbocycles. The molecule has 0 saturated carbocycles. The van der Waals surface area contributed by atoms with Crippen molar-refractivity contribution in [3.63, 3.8) is 0 Å². The lowest BCUT2D eigenvalue weighted by Gasteiger charge is -2.12. The summed E-state index contributed by atoms with van der Waals surface area (Å²) in [5.74, 6) is 0.190. The number of rotatable bonds is 4. The molecule has 1 amide bonds. The van der Waals surface area contributed by atoms with Crippen molar-refractivity contribution in [3.8, 4) is 5.88 Å². The van der Waals surface area contributed by atoms with Gasteiger partial charge in [-0.1, -0.05) is 17.7 Å². The summed E-state index contributed by atoms with van der Waals surface area (Å²) in [6.45, 7) is 3.16. The van der Waals surface area contributed by atoms with E-state index in [1.807, 2.05) is 19.1 Å². The first-order valence-corrected chi connectivity index (χ1v) is 7.77. The summed E-state index contributed by atoms with van der Waals surface area (Å²) < 4.78 is 11.0. The highest BCUT2D eigenvalue weighted by Gasteiger charge is 2.18. The Kier molecular flexibility index (Phi) is 4.79. The Balaban J connectivity index is 1.70. The molecule has 0 unspecified atom stereocenters. The highest BCUT2D eigenvalue weighted by Crippen LogP contribution is 2.21. The van der Waals surface area contributed by atoms with Crippen LogP contribution in [0.3, 0.4) is 0 Å². The van der Waals surface area contributed by atoms with E-state index in [0.29, 0.717) is 35.4 Å². The predicted molar refractivity (Wildman–Crippen MR) is 88.2 cm³/mol. The number of halogens is 1. The maximum atomic E-state index is 12.3. The molecular weight excluding hydrogens is 316 g/mol. The lowest BCUT2D eigenvalue weighted by atomic mass is 10.2. The van der Waals surface area contributed by atoms with E-state index in [2.05, 4.69) is 10.3 Å². The van der Waals surface area contributed by atoms with Crippen LogP contribution in [0.4, 0.5) is 5.69 Å². The first kappa shape index (κ1) is 15.8. The molecule has 1 fully saturated rings. The molecule has 0 spiro atoms. The Bertz CT molecular complexity index is 715. The molecular formula is C17H17ClN2O3. The van der Waals surface area contributed by atoms with Crippen LogP contribution in [-0.4, -0.2) is 30.2 Å². The van der Waals surface area contributed by atoms with Crippen LogP contribution in [0, 0.1) is 6.92 Å². The fraction of sp³-hybridized carbons (Fsp3) is 0.294. The molecule has 0 radical (unpaired) electrons. The minimum atomic E-state index is -0.236. The van der Waals surface area contributed by atoms with Crippen molar-refractivity contribution in [3.05, 3.63) is 52.7 Å². The van der Waals surface area contributed by atoms with Gasteiger partial charge in [-0.15, -0.1) is 0 Å². The number of carbonyl (C=O) groups excluding carboxylic acids is 1. The second-order valence-electron chi connectivity index (χ2n) is 5.40. The van der Waals surface area contributed by atoms with Crippen LogP contribution >= 0.6 is 11.6 Å². The van der Waals surface area contributed by atoms with Gasteiger partial charge in [-0.05, 0) is 30.7 Å². The minimum absolute atomic E-state index is 0.00304. The normalized spacial score (nSPS) is 17.0. The third-order valence-corrected chi connectivity index (χ3v) is 4.01. The van der Waals surface area contributed by atoms with Crippen LogP contribution in [0.5, 0.6) is 5.88 Å². The average Bonchev–Trinajstić information content (AvgIpc) is 3.04. The van der Waals surface area contributed by atoms with Crippen molar-refractivity contribution in [2.24, 2.45) is 0 Å². The van der Waals surface area contributed by atoms with Gasteiger partial charge in [-0.3, -0.25) is 4.79 Å². The van der Waals surface area contributed by atoms with Crippen molar-refractivity contribution < 1.29 is 14.3 Å². The molecule has 0 bridgehead atoms. The third-order valence-electron chi connectivity index (χ3n) is 3.60. The van der Waals surface area contributed by atoms with Gasteiger partial charge in [0.2, 0.25) is 5.88 Å². The van der Waals surface area contributed by atoms with E-state index in [4.69, 9.17) is 21.1 Å². The molecule has 1 atom stereocenters. The molecule has 1 saturated heterocycles. The number of nitrogens with zero attached hydrogens (tertiary/aromatic N) is 1. The zero-order valence-electron chi connectivity index (χ0n) is 12.7. The Labute approximate surface area is 139 Å². The predicted octanol–water partition coefficient (Wildman–Crippen LogP) is 3.46. The Morgan fingerprint density at radius 3 is 3.00 bits per heavy atom. The second kappa shape index (κ2) is 6.98. The fourth-order valence-electron chi connectivity index (χ4n) is 2.27. The summed E-state index contributed by atoms with van der Waals surface area (Å²) >= 11 is 6.07. The number of pyridine rings is 1. The van der Waals surface area contributed by atoms with Gasteiger partial charge in [0.05, 0.1) is 13.2 Å². The number of aryl methyl sites for hydroxylation is 1. The molecule has 5 nitrogen and oxygen atoms in total. The van der Waals surface area contributed by atoms with Gasteiger partial charge < -0.3 is 14.8 Å². The van der Waals surface area contributed by atoms with Crippen LogP contribution < -0.4 is 10.1 Å². The maximum absolute atomic E-state index is 12.3. The van der Waals surface area contributed by atoms with Crippen molar-refractivity contribution in [2.75, 3.05) is 18.5 Å². The molecule has 3 rings (SSSR count). The average molecular weight is 333 g/mol. The van der Waals surface area contributed by atoms with Crippen LogP contribution in [0.1, 0.15) is 22.3 Å². The van der Waals surface area contributed by atoms with Crippen molar-refractivity contribution in [1.29, 1.82) is 0 Å². The first-order chi connectivity index (χ1) is 11.1. The molecule has 23 heavy (non-hydrogen) atoms. The molecule has 120 valence electrons. The maximum Gasteiger partial charge on any atom is 0.255 e. The van der Waals surface area contributed by atoms with Gasteiger partial charge in [0.25, 0.3) is 5.91 Å². The minimum Gasteiger partial charge on any atom is -0.472 e. The highest BCUT2D eigenvalue weighted by atomic mass is 35.5. The summed E-state index contributed by atoms with van der Waals surface area (Å²) in [6, 6.07) is 8.67. The Morgan fingerprint density at radius 2 is 2.26 bits per heavy atom. The number of hydrogen-bond donors (Lipinski definition) is 1. The van der Waals surface area contributed by atoms with E-state index < -0.39 is 0 Å². The van der Waals surface area contributed by atoms with Gasteiger partial charge in [0.1, 0.15) is 6.10 Å². The van der Waals surface area contributed by atoms with Crippen LogP contribution in [0.15, 0.2) is 36.5 Å². The van der Waals surface area contributed by atoms with E-state index in [0.717, 1.165) is 12.0 Å². The summed E-state index contributed by atoms with van der Waals surface area (Å²) in [4.78, 5) is 16.5. The number of amides is 1. The van der Waals surface area contributed by atoms with E-state index in [1.54, 1.807) is 24.4 Å². The fourth-order valence-corrected chi connectivity index (χ4v) is 2.45. The third kappa shape index (κ3) is 4.00. The van der Waals surface area contributed by atoms with Crippen molar-refractivity contribution in [1.82, 2.24) is 4.98 Å². The molecule has 1 aliphatic heterocycles. The Hall–Kier alpha value is -2.11. The molecule has 2 heterocycles. The number of anilines is 1. The molecule has 6 heteroatoms. The number of hydrogen-bond acceptors (Lipinski definition) is 4. The standard InChI is InChI=1S/C17H17ClN2O3/c1-11-2-3-13(9-15(11)18)20-17(21)12-4-6-19-16(8-12)23-14-5-7-22-10-14/h2-4,6,8-9,14H,5,7,10H2,1H3,(H,20,21)/t14-/m1/s1. The van der Waals surface area contributed by atoms with Crippen molar-refractivity contribution >= 4 is 23.2 Å². The van der Waals surface area contributed by atoms with E-state index in [-0.39, 0.29) is 12.0 Å². The lowest BCUT2D eigenvalue weighted by molar-refractivity contribution is 0.102.